The molecule has 0 fully saturated rings. The van der Waals surface area contributed by atoms with E-state index >= 15 is 0 Å². The Balaban J connectivity index is 1.41. The van der Waals surface area contributed by atoms with Gasteiger partial charge in [-0.1, -0.05) is 29.8 Å². The van der Waals surface area contributed by atoms with E-state index in [4.69, 9.17) is 21.1 Å². The van der Waals surface area contributed by atoms with Crippen LogP contribution in [-0.2, 0) is 22.4 Å². The number of aryl methyl sites for hydroxylation is 2. The summed E-state index contributed by atoms with van der Waals surface area (Å²) in [5.74, 6) is -0.502. The van der Waals surface area contributed by atoms with Gasteiger partial charge < -0.3 is 20.1 Å². The van der Waals surface area contributed by atoms with Crippen molar-refractivity contribution in [3.63, 3.8) is 0 Å². The van der Waals surface area contributed by atoms with E-state index in [0.717, 1.165) is 18.4 Å². The van der Waals surface area contributed by atoms with Crippen molar-refractivity contribution in [2.45, 2.75) is 38.6 Å². The van der Waals surface area contributed by atoms with Crippen LogP contribution in [0.15, 0.2) is 30.3 Å². The van der Waals surface area contributed by atoms with Gasteiger partial charge in [-0.3, -0.25) is 9.59 Å². The van der Waals surface area contributed by atoms with Gasteiger partial charge in [0.1, 0.15) is 13.2 Å². The Morgan fingerprint density at radius 1 is 0.966 bits per heavy atom. The lowest BCUT2D eigenvalue weighted by Gasteiger charge is -2.21. The van der Waals surface area contributed by atoms with Crippen LogP contribution in [0.2, 0.25) is 5.02 Å². The lowest BCUT2D eigenvalue weighted by molar-refractivity contribution is -0.136. The molecule has 0 radical (unpaired) electrons. The molecule has 0 bridgehead atoms. The van der Waals surface area contributed by atoms with Crippen LogP contribution in [0.25, 0.3) is 0 Å². The maximum absolute atomic E-state index is 12.4. The number of carbonyl (C=O) groups excluding carboxylic acids is 2. The highest BCUT2D eigenvalue weighted by Gasteiger charge is 2.21. The van der Waals surface area contributed by atoms with Gasteiger partial charge in [0.05, 0.1) is 16.8 Å². The number of nitrogens with one attached hydrogen (secondary N) is 2. The van der Waals surface area contributed by atoms with Crippen LogP contribution < -0.4 is 20.1 Å². The SMILES string of the molecule is CC(NC(=O)C(=O)Nc1cc2c(cc1Cl)OCCO2)c1ccc2c(c1)CCCC2. The van der Waals surface area contributed by atoms with Crippen molar-refractivity contribution in [2.24, 2.45) is 0 Å². The number of ether oxygens (including phenoxy) is 2. The van der Waals surface area contributed by atoms with E-state index in [1.807, 2.05) is 13.0 Å². The molecule has 152 valence electrons. The highest BCUT2D eigenvalue weighted by atomic mass is 35.5. The van der Waals surface area contributed by atoms with Crippen LogP contribution >= 0.6 is 11.6 Å². The van der Waals surface area contributed by atoms with E-state index in [9.17, 15) is 9.59 Å². The minimum atomic E-state index is -0.784. The van der Waals surface area contributed by atoms with Crippen LogP contribution in [0.4, 0.5) is 5.69 Å². The predicted molar refractivity (Wildman–Crippen MR) is 111 cm³/mol. The fraction of sp³-hybridized carbons (Fsp3) is 0.364. The number of hydrogen-bond acceptors (Lipinski definition) is 4. The largest absolute Gasteiger partial charge is 0.486 e. The highest BCUT2D eigenvalue weighted by Crippen LogP contribution is 2.38. The lowest BCUT2D eigenvalue weighted by atomic mass is 9.89. The minimum absolute atomic E-state index is 0.276. The summed E-state index contributed by atoms with van der Waals surface area (Å²) < 4.78 is 10.9. The predicted octanol–water partition coefficient (Wildman–Crippen LogP) is 3.81. The van der Waals surface area contributed by atoms with Gasteiger partial charge in [-0.25, -0.2) is 0 Å². The van der Waals surface area contributed by atoms with Crippen LogP contribution in [0, 0.1) is 0 Å². The molecule has 4 rings (SSSR count). The topological polar surface area (TPSA) is 76.7 Å². The number of carbonyl (C=O) groups is 2. The highest BCUT2D eigenvalue weighted by molar-refractivity contribution is 6.41. The van der Waals surface area contributed by atoms with Gasteiger partial charge in [0, 0.05) is 12.1 Å². The Labute approximate surface area is 174 Å². The van der Waals surface area contributed by atoms with Crippen molar-refractivity contribution in [3.05, 3.63) is 52.0 Å². The van der Waals surface area contributed by atoms with Crippen molar-refractivity contribution >= 4 is 29.1 Å². The van der Waals surface area contributed by atoms with Gasteiger partial charge in [0.25, 0.3) is 0 Å². The van der Waals surface area contributed by atoms with Gasteiger partial charge in [0.2, 0.25) is 0 Å². The fourth-order valence-electron chi connectivity index (χ4n) is 3.71. The van der Waals surface area contributed by atoms with Crippen LogP contribution in [0.5, 0.6) is 11.5 Å². The number of fused-ring (bicyclic) bond motifs is 2. The van der Waals surface area contributed by atoms with Gasteiger partial charge >= 0.3 is 11.8 Å². The average Bonchev–Trinajstić information content (AvgIpc) is 2.73. The molecular formula is C22H23ClN2O4. The van der Waals surface area contributed by atoms with E-state index < -0.39 is 11.8 Å². The molecule has 2 aromatic carbocycles. The smallest absolute Gasteiger partial charge is 0.313 e. The molecule has 2 aromatic rings. The molecule has 0 saturated carbocycles. The normalized spacial score (nSPS) is 15.8. The first-order chi connectivity index (χ1) is 14.0. The summed E-state index contributed by atoms with van der Waals surface area (Å²) in [7, 11) is 0. The van der Waals surface area contributed by atoms with E-state index in [1.165, 1.54) is 24.0 Å². The van der Waals surface area contributed by atoms with E-state index in [0.29, 0.717) is 30.4 Å². The average molecular weight is 415 g/mol. The molecule has 1 unspecified atom stereocenters. The third kappa shape index (κ3) is 4.32. The molecule has 1 aliphatic heterocycles. The Morgan fingerprint density at radius 2 is 1.66 bits per heavy atom. The molecule has 1 heterocycles. The number of benzene rings is 2. The molecule has 0 aromatic heterocycles. The van der Waals surface area contributed by atoms with Crippen molar-refractivity contribution in [3.8, 4) is 11.5 Å². The maximum Gasteiger partial charge on any atom is 0.313 e. The first-order valence-corrected chi connectivity index (χ1v) is 10.2. The first-order valence-electron chi connectivity index (χ1n) is 9.84. The molecule has 2 aliphatic rings. The van der Waals surface area contributed by atoms with E-state index in [-0.39, 0.29) is 11.1 Å². The second kappa shape index (κ2) is 8.33. The summed E-state index contributed by atoms with van der Waals surface area (Å²) in [6.45, 7) is 2.73. The number of hydrogen-bond donors (Lipinski definition) is 2. The summed E-state index contributed by atoms with van der Waals surface area (Å²) >= 11 is 6.20. The zero-order valence-electron chi connectivity index (χ0n) is 16.2. The Hall–Kier alpha value is -2.73. The molecule has 1 aliphatic carbocycles. The monoisotopic (exact) mass is 414 g/mol. The molecule has 1 atom stereocenters. The zero-order chi connectivity index (χ0) is 20.4. The molecular weight excluding hydrogens is 392 g/mol. The van der Waals surface area contributed by atoms with Crippen LogP contribution in [0.1, 0.15) is 42.5 Å². The third-order valence-corrected chi connectivity index (χ3v) is 5.62. The zero-order valence-corrected chi connectivity index (χ0v) is 17.0. The first kappa shape index (κ1) is 19.6. The quantitative estimate of drug-likeness (QED) is 0.749. The molecule has 0 saturated heterocycles. The number of anilines is 1. The van der Waals surface area contributed by atoms with Crippen molar-refractivity contribution < 1.29 is 19.1 Å². The molecule has 2 N–H and O–H groups in total. The van der Waals surface area contributed by atoms with E-state index in [1.54, 1.807) is 12.1 Å². The molecule has 6 nitrogen and oxygen atoms in total. The summed E-state index contributed by atoms with van der Waals surface area (Å²) in [5, 5.41) is 5.58. The number of rotatable bonds is 3. The summed E-state index contributed by atoms with van der Waals surface area (Å²) in [5.41, 5.74) is 4.01. The maximum atomic E-state index is 12.4. The van der Waals surface area contributed by atoms with E-state index in [2.05, 4.69) is 22.8 Å². The summed E-state index contributed by atoms with van der Waals surface area (Å²) in [4.78, 5) is 24.8. The Bertz CT molecular complexity index is 960. The number of halogens is 1. The van der Waals surface area contributed by atoms with Gasteiger partial charge in [-0.2, -0.15) is 0 Å². The Morgan fingerprint density at radius 3 is 2.41 bits per heavy atom. The standard InChI is InChI=1S/C22H23ClN2O4/c1-13(15-7-6-14-4-2-3-5-16(14)10-15)24-21(26)22(27)25-18-12-20-19(11-17(18)23)28-8-9-29-20/h6-7,10-13H,2-5,8-9H2,1H3,(H,24,26)(H,25,27). The third-order valence-electron chi connectivity index (χ3n) is 5.31. The molecule has 2 amide bonds. The van der Waals surface area contributed by atoms with Crippen LogP contribution in [0.3, 0.4) is 0 Å². The molecule has 29 heavy (non-hydrogen) atoms. The second-order valence-electron chi connectivity index (χ2n) is 7.36. The molecule has 0 spiro atoms. The fourth-order valence-corrected chi connectivity index (χ4v) is 3.91. The second-order valence-corrected chi connectivity index (χ2v) is 7.77. The van der Waals surface area contributed by atoms with Gasteiger partial charge in [-0.15, -0.1) is 0 Å². The Kier molecular flexibility index (Phi) is 5.62. The van der Waals surface area contributed by atoms with Crippen molar-refractivity contribution in [1.29, 1.82) is 0 Å². The minimum Gasteiger partial charge on any atom is -0.486 e. The summed E-state index contributed by atoms with van der Waals surface area (Å²) in [6.07, 6.45) is 4.58. The van der Waals surface area contributed by atoms with Crippen molar-refractivity contribution in [1.82, 2.24) is 5.32 Å². The van der Waals surface area contributed by atoms with Crippen LogP contribution in [-0.4, -0.2) is 25.0 Å². The summed E-state index contributed by atoms with van der Waals surface area (Å²) in [6, 6.07) is 9.13. The van der Waals surface area contributed by atoms with Gasteiger partial charge in [-0.05, 0) is 49.3 Å². The molecule has 7 heteroatoms. The lowest BCUT2D eigenvalue weighted by Crippen LogP contribution is -2.37. The number of amides is 2. The van der Waals surface area contributed by atoms with Gasteiger partial charge in [0.15, 0.2) is 11.5 Å². The van der Waals surface area contributed by atoms with Crippen molar-refractivity contribution in [2.75, 3.05) is 18.5 Å².